The lowest BCUT2D eigenvalue weighted by Crippen LogP contribution is -2.34. The molecule has 1 heterocycles. The second kappa shape index (κ2) is 5.18. The Hall–Kier alpha value is -1.40. The molecule has 3 rings (SSSR count). The minimum atomic E-state index is -0.440. The first kappa shape index (κ1) is 13.6. The quantitative estimate of drug-likeness (QED) is 0.930. The molecule has 20 heavy (non-hydrogen) atoms. The smallest absolute Gasteiger partial charge is 0.261 e. The Bertz CT molecular complexity index is 621. The first-order chi connectivity index (χ1) is 9.62. The Morgan fingerprint density at radius 1 is 1.35 bits per heavy atom. The van der Waals surface area contributed by atoms with Crippen molar-refractivity contribution < 1.29 is 9.26 Å². The fourth-order valence-electron chi connectivity index (χ4n) is 2.61. The normalized spacial score (nSPS) is 17.4. The number of rotatable bonds is 3. The van der Waals surface area contributed by atoms with Crippen LogP contribution in [-0.4, -0.2) is 17.3 Å². The van der Waals surface area contributed by atoms with Gasteiger partial charge in [0.05, 0.1) is 18.2 Å². The predicted molar refractivity (Wildman–Crippen MR) is 78.3 cm³/mol. The Balaban J connectivity index is 1.98. The second-order valence-electron chi connectivity index (χ2n) is 5.13. The van der Waals surface area contributed by atoms with Crippen molar-refractivity contribution in [1.29, 1.82) is 0 Å². The molecule has 0 atom stereocenters. The average molecular weight is 338 g/mol. The maximum Gasteiger partial charge on any atom is 0.261 e. The van der Waals surface area contributed by atoms with E-state index in [1.54, 1.807) is 7.11 Å². The first-order valence-corrected chi connectivity index (χ1v) is 7.39. The fraction of sp³-hybridized carbons (Fsp3) is 0.429. The summed E-state index contributed by atoms with van der Waals surface area (Å²) < 4.78 is 11.7. The van der Waals surface area contributed by atoms with Gasteiger partial charge in [-0.1, -0.05) is 33.9 Å². The number of methoxy groups -OCH3 is 1. The molecule has 0 radical (unpaired) electrons. The standard InChI is InChI=1S/C14H16BrN3O2/c1-19-11-8-9(15)4-5-10(11)12-17-13(18-20-12)14(16)6-2-3-7-14/h4-5,8H,2-3,6-7,16H2,1H3. The fourth-order valence-corrected chi connectivity index (χ4v) is 2.95. The van der Waals surface area contributed by atoms with E-state index in [1.165, 1.54) is 0 Å². The molecule has 6 heteroatoms. The number of halogens is 1. The third-order valence-corrected chi connectivity index (χ3v) is 4.25. The van der Waals surface area contributed by atoms with Gasteiger partial charge in [-0.25, -0.2) is 0 Å². The van der Waals surface area contributed by atoms with E-state index in [9.17, 15) is 0 Å². The number of aromatic nitrogens is 2. The van der Waals surface area contributed by atoms with Gasteiger partial charge in [-0.15, -0.1) is 0 Å². The molecule has 0 saturated heterocycles. The van der Waals surface area contributed by atoms with Crippen molar-refractivity contribution >= 4 is 15.9 Å². The molecular weight excluding hydrogens is 322 g/mol. The zero-order chi connectivity index (χ0) is 14.2. The summed E-state index contributed by atoms with van der Waals surface area (Å²) in [7, 11) is 1.62. The van der Waals surface area contributed by atoms with Gasteiger partial charge in [0.1, 0.15) is 5.75 Å². The van der Waals surface area contributed by atoms with Crippen molar-refractivity contribution in [2.75, 3.05) is 7.11 Å². The largest absolute Gasteiger partial charge is 0.496 e. The molecule has 0 spiro atoms. The summed E-state index contributed by atoms with van der Waals surface area (Å²) in [5.41, 5.74) is 6.68. The monoisotopic (exact) mass is 337 g/mol. The molecule has 0 aliphatic heterocycles. The Morgan fingerprint density at radius 3 is 2.80 bits per heavy atom. The summed E-state index contributed by atoms with van der Waals surface area (Å²) in [5, 5.41) is 4.07. The first-order valence-electron chi connectivity index (χ1n) is 6.59. The van der Waals surface area contributed by atoms with E-state index in [0.717, 1.165) is 35.7 Å². The summed E-state index contributed by atoms with van der Waals surface area (Å²) in [6, 6.07) is 5.67. The lowest BCUT2D eigenvalue weighted by atomic mass is 9.99. The zero-order valence-corrected chi connectivity index (χ0v) is 12.8. The minimum Gasteiger partial charge on any atom is -0.496 e. The van der Waals surface area contributed by atoms with Crippen LogP contribution in [0.5, 0.6) is 5.75 Å². The van der Waals surface area contributed by atoms with Crippen LogP contribution in [0.2, 0.25) is 0 Å². The van der Waals surface area contributed by atoms with Crippen molar-refractivity contribution in [2.24, 2.45) is 5.73 Å². The molecular formula is C14H16BrN3O2. The van der Waals surface area contributed by atoms with E-state index in [-0.39, 0.29) is 0 Å². The highest BCUT2D eigenvalue weighted by Gasteiger charge is 2.36. The molecule has 1 saturated carbocycles. The molecule has 1 aliphatic carbocycles. The summed E-state index contributed by atoms with van der Waals surface area (Å²) in [6.07, 6.45) is 4.04. The third kappa shape index (κ3) is 2.33. The number of benzene rings is 1. The SMILES string of the molecule is COc1cc(Br)ccc1-c1nc(C2(N)CCCC2)no1. The number of ether oxygens (including phenoxy) is 1. The van der Waals surface area contributed by atoms with E-state index < -0.39 is 5.54 Å². The zero-order valence-electron chi connectivity index (χ0n) is 11.2. The van der Waals surface area contributed by atoms with Crippen molar-refractivity contribution in [3.63, 3.8) is 0 Å². The van der Waals surface area contributed by atoms with Crippen LogP contribution in [0.15, 0.2) is 27.2 Å². The summed E-state index contributed by atoms with van der Waals surface area (Å²) in [6.45, 7) is 0. The maximum absolute atomic E-state index is 6.34. The molecule has 106 valence electrons. The third-order valence-electron chi connectivity index (χ3n) is 3.76. The number of hydrogen-bond donors (Lipinski definition) is 1. The lowest BCUT2D eigenvalue weighted by molar-refractivity contribution is 0.370. The summed E-state index contributed by atoms with van der Waals surface area (Å²) in [4.78, 5) is 4.47. The number of nitrogens with zero attached hydrogens (tertiary/aromatic N) is 2. The molecule has 1 aromatic carbocycles. The second-order valence-corrected chi connectivity index (χ2v) is 6.05. The van der Waals surface area contributed by atoms with Gasteiger partial charge in [-0.2, -0.15) is 4.98 Å². The van der Waals surface area contributed by atoms with Crippen molar-refractivity contribution in [1.82, 2.24) is 10.1 Å². The topological polar surface area (TPSA) is 74.2 Å². The molecule has 5 nitrogen and oxygen atoms in total. The highest BCUT2D eigenvalue weighted by Crippen LogP contribution is 2.37. The Labute approximate surface area is 125 Å². The van der Waals surface area contributed by atoms with Crippen LogP contribution < -0.4 is 10.5 Å². The van der Waals surface area contributed by atoms with Gasteiger partial charge in [-0.05, 0) is 31.0 Å². The molecule has 1 fully saturated rings. The minimum absolute atomic E-state index is 0.440. The molecule has 2 N–H and O–H groups in total. The van der Waals surface area contributed by atoms with Crippen LogP contribution in [0.1, 0.15) is 31.5 Å². The molecule has 0 bridgehead atoms. The van der Waals surface area contributed by atoms with E-state index in [0.29, 0.717) is 17.5 Å². The molecule has 0 amide bonds. The van der Waals surface area contributed by atoms with Crippen molar-refractivity contribution in [2.45, 2.75) is 31.2 Å². The lowest BCUT2D eigenvalue weighted by Gasteiger charge is -2.17. The predicted octanol–water partition coefficient (Wildman–Crippen LogP) is 3.24. The van der Waals surface area contributed by atoms with Gasteiger partial charge in [0.2, 0.25) is 0 Å². The molecule has 0 unspecified atom stereocenters. The van der Waals surface area contributed by atoms with Crippen LogP contribution in [0.3, 0.4) is 0 Å². The summed E-state index contributed by atoms with van der Waals surface area (Å²) in [5.74, 6) is 1.73. The van der Waals surface area contributed by atoms with Crippen molar-refractivity contribution in [3.05, 3.63) is 28.5 Å². The van der Waals surface area contributed by atoms with Crippen LogP contribution in [-0.2, 0) is 5.54 Å². The molecule has 1 aromatic heterocycles. The van der Waals surface area contributed by atoms with Crippen molar-refractivity contribution in [3.8, 4) is 17.2 Å². The highest BCUT2D eigenvalue weighted by atomic mass is 79.9. The summed E-state index contributed by atoms with van der Waals surface area (Å²) >= 11 is 3.41. The van der Waals surface area contributed by atoms with Gasteiger partial charge < -0.3 is 15.0 Å². The van der Waals surface area contributed by atoms with E-state index >= 15 is 0 Å². The van der Waals surface area contributed by atoms with Gasteiger partial charge in [0.25, 0.3) is 5.89 Å². The molecule has 1 aliphatic rings. The van der Waals surface area contributed by atoms with Gasteiger partial charge >= 0.3 is 0 Å². The van der Waals surface area contributed by atoms with E-state index in [2.05, 4.69) is 26.1 Å². The van der Waals surface area contributed by atoms with Crippen LogP contribution in [0, 0.1) is 0 Å². The van der Waals surface area contributed by atoms with Gasteiger partial charge in [-0.3, -0.25) is 0 Å². The van der Waals surface area contributed by atoms with Crippen LogP contribution in [0.25, 0.3) is 11.5 Å². The number of nitrogens with two attached hydrogens (primary N) is 1. The van der Waals surface area contributed by atoms with Gasteiger partial charge in [0, 0.05) is 4.47 Å². The Morgan fingerprint density at radius 2 is 2.10 bits per heavy atom. The maximum atomic E-state index is 6.34. The molecule has 2 aromatic rings. The van der Waals surface area contributed by atoms with Gasteiger partial charge in [0.15, 0.2) is 5.82 Å². The average Bonchev–Trinajstić information content (AvgIpc) is 3.08. The Kier molecular flexibility index (Phi) is 3.52. The van der Waals surface area contributed by atoms with Crippen LogP contribution in [0.4, 0.5) is 0 Å². The number of hydrogen-bond acceptors (Lipinski definition) is 5. The van der Waals surface area contributed by atoms with E-state index in [1.807, 2.05) is 18.2 Å². The van der Waals surface area contributed by atoms with E-state index in [4.69, 9.17) is 15.0 Å². The highest BCUT2D eigenvalue weighted by molar-refractivity contribution is 9.10. The van der Waals surface area contributed by atoms with Crippen LogP contribution >= 0.6 is 15.9 Å².